The van der Waals surface area contributed by atoms with Gasteiger partial charge in [0.05, 0.1) is 5.69 Å². The summed E-state index contributed by atoms with van der Waals surface area (Å²) in [5.41, 5.74) is 2.80. The van der Waals surface area contributed by atoms with Crippen LogP contribution in [-0.4, -0.2) is 43.9 Å². The number of likely N-dealkylation sites (tertiary alicyclic amines) is 1. The van der Waals surface area contributed by atoms with Gasteiger partial charge in [-0.25, -0.2) is 13.9 Å². The van der Waals surface area contributed by atoms with Gasteiger partial charge in [0.2, 0.25) is 5.91 Å². The van der Waals surface area contributed by atoms with Gasteiger partial charge in [-0.05, 0) is 50.5 Å². The Balaban J connectivity index is 1.67. The van der Waals surface area contributed by atoms with E-state index in [1.165, 1.54) is 12.1 Å². The largest absolute Gasteiger partial charge is 0.335 e. The third kappa shape index (κ3) is 4.85. The lowest BCUT2D eigenvalue weighted by Crippen LogP contribution is -2.38. The average molecular weight is 464 g/mol. The third-order valence-corrected chi connectivity index (χ3v) is 6.25. The number of nitrogens with zero attached hydrogens (tertiary/aromatic N) is 4. The number of aromatic nitrogens is 3. The normalized spacial score (nSPS) is 16.3. The van der Waals surface area contributed by atoms with Gasteiger partial charge in [0.1, 0.15) is 11.5 Å². The molecular weight excluding hydrogens is 433 g/mol. The number of anilines is 1. The van der Waals surface area contributed by atoms with Crippen molar-refractivity contribution in [3.05, 3.63) is 60.2 Å². The lowest BCUT2D eigenvalue weighted by molar-refractivity contribution is -0.115. The van der Waals surface area contributed by atoms with E-state index in [0.29, 0.717) is 34.7 Å². The highest BCUT2D eigenvalue weighted by Gasteiger charge is 2.25. The van der Waals surface area contributed by atoms with E-state index in [9.17, 15) is 14.0 Å². The second kappa shape index (κ2) is 10.2. The van der Waals surface area contributed by atoms with Crippen LogP contribution in [0.5, 0.6) is 0 Å². The molecule has 178 valence electrons. The van der Waals surface area contributed by atoms with Crippen LogP contribution < -0.4 is 5.32 Å². The molecule has 4 rings (SSSR count). The second-order valence-corrected chi connectivity index (χ2v) is 8.72. The first-order chi connectivity index (χ1) is 16.4. The summed E-state index contributed by atoms with van der Waals surface area (Å²) in [4.78, 5) is 31.6. The lowest BCUT2D eigenvalue weighted by Gasteiger charge is -2.27. The zero-order chi connectivity index (χ0) is 24.2. The van der Waals surface area contributed by atoms with Gasteiger partial charge in [0, 0.05) is 42.0 Å². The van der Waals surface area contributed by atoms with Gasteiger partial charge in [0.25, 0.3) is 5.91 Å². The number of fused-ring (bicyclic) bond motifs is 1. The molecule has 0 saturated carbocycles. The summed E-state index contributed by atoms with van der Waals surface area (Å²) >= 11 is 0. The monoisotopic (exact) mass is 463 g/mol. The number of hydrogen-bond donors (Lipinski definition) is 1. The van der Waals surface area contributed by atoms with E-state index in [1.807, 2.05) is 11.8 Å². The number of carbonyl (C=O) groups excluding carboxylic acids is 2. The van der Waals surface area contributed by atoms with Gasteiger partial charge >= 0.3 is 0 Å². The molecule has 1 N–H and O–H groups in total. The number of halogens is 1. The summed E-state index contributed by atoms with van der Waals surface area (Å²) in [5, 5.41) is 7.20. The van der Waals surface area contributed by atoms with Crippen LogP contribution in [0.1, 0.15) is 62.1 Å². The van der Waals surface area contributed by atoms with Gasteiger partial charge < -0.3 is 10.2 Å². The van der Waals surface area contributed by atoms with E-state index in [2.05, 4.69) is 28.9 Å². The van der Waals surface area contributed by atoms with E-state index in [0.717, 1.165) is 37.9 Å². The van der Waals surface area contributed by atoms with E-state index in [4.69, 9.17) is 0 Å². The number of hydrogen-bond acceptors (Lipinski definition) is 4. The molecule has 1 aliphatic rings. The van der Waals surface area contributed by atoms with Gasteiger partial charge in [-0.3, -0.25) is 9.59 Å². The minimum atomic E-state index is -0.507. The Hall–Kier alpha value is -3.55. The summed E-state index contributed by atoms with van der Waals surface area (Å²) in [7, 11) is 0. The Bertz CT molecular complexity index is 1240. The topological polar surface area (TPSA) is 79.6 Å². The molecule has 34 heavy (non-hydrogen) atoms. The van der Waals surface area contributed by atoms with E-state index in [-0.39, 0.29) is 24.3 Å². The SMILES string of the molecule is C=CCC(=O)Nc1ccc(-c2cc3nc(C(=O)N4CCCCCC4C)cc(CC)n3n2)c(F)c1. The Morgan fingerprint density at radius 3 is 2.79 bits per heavy atom. The Morgan fingerprint density at radius 1 is 1.24 bits per heavy atom. The lowest BCUT2D eigenvalue weighted by atomic mass is 10.1. The Labute approximate surface area is 198 Å². The molecule has 2 amide bonds. The summed E-state index contributed by atoms with van der Waals surface area (Å²) in [5.74, 6) is -0.838. The maximum Gasteiger partial charge on any atom is 0.272 e. The van der Waals surface area contributed by atoms with Crippen molar-refractivity contribution in [2.75, 3.05) is 11.9 Å². The maximum atomic E-state index is 14.9. The van der Waals surface area contributed by atoms with Crippen LogP contribution >= 0.6 is 0 Å². The molecule has 3 heterocycles. The highest BCUT2D eigenvalue weighted by Crippen LogP contribution is 2.26. The van der Waals surface area contributed by atoms with Gasteiger partial charge in [0.15, 0.2) is 5.65 Å². The predicted molar refractivity (Wildman–Crippen MR) is 130 cm³/mol. The number of carbonyl (C=O) groups is 2. The van der Waals surface area contributed by atoms with Crippen LogP contribution in [-0.2, 0) is 11.2 Å². The van der Waals surface area contributed by atoms with Crippen molar-refractivity contribution in [1.29, 1.82) is 0 Å². The first kappa shape index (κ1) is 23.6. The number of nitrogens with one attached hydrogen (secondary N) is 1. The number of aryl methyl sites for hydroxylation is 1. The van der Waals surface area contributed by atoms with Crippen LogP contribution in [0, 0.1) is 5.82 Å². The van der Waals surface area contributed by atoms with Crippen molar-refractivity contribution >= 4 is 23.1 Å². The summed E-state index contributed by atoms with van der Waals surface area (Å²) < 4.78 is 16.6. The predicted octanol–water partition coefficient (Wildman–Crippen LogP) is 5.02. The van der Waals surface area contributed by atoms with E-state index < -0.39 is 5.82 Å². The van der Waals surface area contributed by atoms with Crippen molar-refractivity contribution in [3.8, 4) is 11.3 Å². The van der Waals surface area contributed by atoms with Gasteiger partial charge in [-0.15, -0.1) is 6.58 Å². The average Bonchev–Trinajstić information content (AvgIpc) is 3.12. The molecule has 0 radical (unpaired) electrons. The fraction of sp³-hybridized carbons (Fsp3) is 0.385. The molecular formula is C26H30FN5O2. The van der Waals surface area contributed by atoms with Crippen molar-refractivity contribution in [2.24, 2.45) is 0 Å². The van der Waals surface area contributed by atoms with Crippen molar-refractivity contribution in [3.63, 3.8) is 0 Å². The molecule has 2 aromatic heterocycles. The van der Waals surface area contributed by atoms with Gasteiger partial charge in [-0.1, -0.05) is 25.8 Å². The van der Waals surface area contributed by atoms with Crippen LogP contribution in [0.15, 0.2) is 43.0 Å². The first-order valence-electron chi connectivity index (χ1n) is 11.8. The summed E-state index contributed by atoms with van der Waals surface area (Å²) in [6.45, 7) is 8.34. The molecule has 0 aliphatic carbocycles. The zero-order valence-electron chi connectivity index (χ0n) is 19.7. The number of benzene rings is 1. The molecule has 8 heteroatoms. The molecule has 1 aliphatic heterocycles. The highest BCUT2D eigenvalue weighted by atomic mass is 19.1. The first-order valence-corrected chi connectivity index (χ1v) is 11.8. The van der Waals surface area contributed by atoms with Crippen molar-refractivity contribution < 1.29 is 14.0 Å². The standard InChI is InChI=1S/C26H30FN5O2/c1-4-9-25(33)28-18-11-12-20(21(27)14-18)22-16-24-29-23(15-19(5-2)32(24)30-22)26(34)31-13-8-6-7-10-17(31)3/h4,11-12,14-17H,1,5-10,13H2,2-3H3,(H,28,33). The number of rotatable bonds is 6. The molecule has 0 bridgehead atoms. The molecule has 0 spiro atoms. The third-order valence-electron chi connectivity index (χ3n) is 6.25. The zero-order valence-corrected chi connectivity index (χ0v) is 19.7. The molecule has 3 aromatic rings. The van der Waals surface area contributed by atoms with Crippen molar-refractivity contribution in [1.82, 2.24) is 19.5 Å². The Kier molecular flexibility index (Phi) is 7.05. The minimum absolute atomic E-state index is 0.0693. The smallest absolute Gasteiger partial charge is 0.272 e. The van der Waals surface area contributed by atoms with Gasteiger partial charge in [-0.2, -0.15) is 5.10 Å². The molecule has 1 saturated heterocycles. The molecule has 1 aromatic carbocycles. The van der Waals surface area contributed by atoms with Crippen LogP contribution in [0.25, 0.3) is 16.9 Å². The minimum Gasteiger partial charge on any atom is -0.335 e. The van der Waals surface area contributed by atoms with E-state index >= 15 is 0 Å². The van der Waals surface area contributed by atoms with Crippen LogP contribution in [0.2, 0.25) is 0 Å². The molecule has 7 nitrogen and oxygen atoms in total. The van der Waals surface area contributed by atoms with Crippen LogP contribution in [0.4, 0.5) is 10.1 Å². The number of amides is 2. The quantitative estimate of drug-likeness (QED) is 0.521. The van der Waals surface area contributed by atoms with E-state index in [1.54, 1.807) is 28.8 Å². The fourth-order valence-corrected chi connectivity index (χ4v) is 4.40. The molecule has 1 atom stereocenters. The second-order valence-electron chi connectivity index (χ2n) is 8.72. The van der Waals surface area contributed by atoms with Crippen molar-refractivity contribution in [2.45, 2.75) is 58.4 Å². The summed E-state index contributed by atoms with van der Waals surface area (Å²) in [6, 6.07) is 8.14. The summed E-state index contributed by atoms with van der Waals surface area (Å²) in [6.07, 6.45) is 6.54. The fourth-order valence-electron chi connectivity index (χ4n) is 4.40. The Morgan fingerprint density at radius 2 is 2.06 bits per heavy atom. The highest BCUT2D eigenvalue weighted by molar-refractivity contribution is 5.93. The maximum absolute atomic E-state index is 14.9. The molecule has 1 fully saturated rings. The molecule has 1 unspecified atom stereocenters. The van der Waals surface area contributed by atoms with Crippen LogP contribution in [0.3, 0.4) is 0 Å².